The van der Waals surface area contributed by atoms with E-state index in [1.54, 1.807) is 13.8 Å². The Kier molecular flexibility index (Phi) is 3.69. The van der Waals surface area contributed by atoms with Crippen LogP contribution in [-0.2, 0) is 10.3 Å². The fourth-order valence-electron chi connectivity index (χ4n) is 1.90. The second-order valence-electron chi connectivity index (χ2n) is 5.00. The molecule has 0 amide bonds. The topological polar surface area (TPSA) is 38.7 Å². The zero-order chi connectivity index (χ0) is 12.3. The maximum Gasteiger partial charge on any atom is 0.199 e. The van der Waals surface area contributed by atoms with Crippen LogP contribution in [0, 0.1) is 0 Å². The molecular weight excluding hydrogens is 216 g/mol. The van der Waals surface area contributed by atoms with E-state index in [0.29, 0.717) is 0 Å². The van der Waals surface area contributed by atoms with Crippen molar-refractivity contribution < 1.29 is 14.6 Å². The molecule has 0 saturated carbocycles. The summed E-state index contributed by atoms with van der Waals surface area (Å²) in [6, 6.07) is 7.53. The third-order valence-electron chi connectivity index (χ3n) is 2.97. The highest BCUT2D eigenvalue weighted by Gasteiger charge is 2.17. The van der Waals surface area contributed by atoms with Gasteiger partial charge in [-0.1, -0.05) is 12.1 Å². The van der Waals surface area contributed by atoms with E-state index in [9.17, 15) is 5.11 Å². The van der Waals surface area contributed by atoms with Gasteiger partial charge in [-0.25, -0.2) is 0 Å². The molecule has 1 aromatic rings. The Labute approximate surface area is 102 Å². The van der Waals surface area contributed by atoms with E-state index >= 15 is 0 Å². The van der Waals surface area contributed by atoms with Crippen molar-refractivity contribution in [3.05, 3.63) is 29.8 Å². The molecule has 0 aliphatic carbocycles. The fraction of sp³-hybridized carbons (Fsp3) is 0.571. The van der Waals surface area contributed by atoms with Crippen molar-refractivity contribution in [2.45, 2.75) is 45.0 Å². The standard InChI is InChI=1S/C14H20O3/c1-14(2,15)11-6-8-12(9-7-11)17-13-5-3-4-10-16-13/h6-9,13,15H,3-5,10H2,1-2H3. The van der Waals surface area contributed by atoms with E-state index in [1.165, 1.54) is 0 Å². The van der Waals surface area contributed by atoms with Gasteiger partial charge in [0.2, 0.25) is 0 Å². The maximum absolute atomic E-state index is 9.84. The van der Waals surface area contributed by atoms with Crippen molar-refractivity contribution in [1.82, 2.24) is 0 Å². The molecule has 0 aromatic heterocycles. The van der Waals surface area contributed by atoms with Gasteiger partial charge in [0.1, 0.15) is 5.75 Å². The largest absolute Gasteiger partial charge is 0.465 e. The monoisotopic (exact) mass is 236 g/mol. The van der Waals surface area contributed by atoms with Crippen molar-refractivity contribution in [3.8, 4) is 5.75 Å². The second-order valence-corrected chi connectivity index (χ2v) is 5.00. The molecule has 0 radical (unpaired) electrons. The molecule has 3 nitrogen and oxygen atoms in total. The van der Waals surface area contributed by atoms with Crippen LogP contribution in [0.25, 0.3) is 0 Å². The lowest BCUT2D eigenvalue weighted by molar-refractivity contribution is -0.105. The van der Waals surface area contributed by atoms with Gasteiger partial charge >= 0.3 is 0 Å². The highest BCUT2D eigenvalue weighted by atomic mass is 16.7. The molecule has 2 rings (SSSR count). The average Bonchev–Trinajstić information content (AvgIpc) is 2.30. The molecule has 1 aliphatic rings. The van der Waals surface area contributed by atoms with E-state index in [-0.39, 0.29) is 6.29 Å². The van der Waals surface area contributed by atoms with Crippen LogP contribution in [0.2, 0.25) is 0 Å². The number of rotatable bonds is 3. The lowest BCUT2D eigenvalue weighted by Gasteiger charge is -2.24. The van der Waals surface area contributed by atoms with Gasteiger partial charge < -0.3 is 14.6 Å². The fourth-order valence-corrected chi connectivity index (χ4v) is 1.90. The predicted molar refractivity (Wildman–Crippen MR) is 65.9 cm³/mol. The summed E-state index contributed by atoms with van der Waals surface area (Å²) in [5.41, 5.74) is 0.0780. The average molecular weight is 236 g/mol. The zero-order valence-electron chi connectivity index (χ0n) is 10.5. The van der Waals surface area contributed by atoms with Gasteiger partial charge in [0.25, 0.3) is 0 Å². The molecule has 1 aliphatic heterocycles. The molecule has 1 fully saturated rings. The van der Waals surface area contributed by atoms with E-state index in [4.69, 9.17) is 9.47 Å². The lowest BCUT2D eigenvalue weighted by Crippen LogP contribution is -2.25. The van der Waals surface area contributed by atoms with Gasteiger partial charge in [-0.15, -0.1) is 0 Å². The Morgan fingerprint density at radius 2 is 1.94 bits per heavy atom. The third-order valence-corrected chi connectivity index (χ3v) is 2.97. The maximum atomic E-state index is 9.84. The van der Waals surface area contributed by atoms with Crippen LogP contribution >= 0.6 is 0 Å². The summed E-state index contributed by atoms with van der Waals surface area (Å²) in [6.07, 6.45) is 3.12. The number of aliphatic hydroxyl groups is 1. The predicted octanol–water partition coefficient (Wildman–Crippen LogP) is 2.82. The van der Waals surface area contributed by atoms with E-state index in [2.05, 4.69) is 0 Å². The third kappa shape index (κ3) is 3.45. The van der Waals surface area contributed by atoms with Crippen molar-refractivity contribution in [3.63, 3.8) is 0 Å². The first-order valence-electron chi connectivity index (χ1n) is 6.17. The molecule has 1 unspecified atom stereocenters. The first-order chi connectivity index (χ1) is 8.05. The second kappa shape index (κ2) is 5.07. The Balaban J connectivity index is 1.98. The quantitative estimate of drug-likeness (QED) is 0.877. The highest BCUT2D eigenvalue weighted by Crippen LogP contribution is 2.24. The number of benzene rings is 1. The summed E-state index contributed by atoms with van der Waals surface area (Å²) in [5.74, 6) is 0.796. The van der Waals surface area contributed by atoms with Gasteiger partial charge in [-0.2, -0.15) is 0 Å². The molecule has 0 spiro atoms. The summed E-state index contributed by atoms with van der Waals surface area (Å²) >= 11 is 0. The van der Waals surface area contributed by atoms with Crippen LogP contribution in [0.3, 0.4) is 0 Å². The summed E-state index contributed by atoms with van der Waals surface area (Å²) in [6.45, 7) is 4.33. The van der Waals surface area contributed by atoms with Gasteiger partial charge in [0.15, 0.2) is 6.29 Å². The molecule has 0 bridgehead atoms. The summed E-state index contributed by atoms with van der Waals surface area (Å²) in [4.78, 5) is 0. The van der Waals surface area contributed by atoms with Crippen molar-refractivity contribution in [1.29, 1.82) is 0 Å². The van der Waals surface area contributed by atoms with Crippen LogP contribution in [-0.4, -0.2) is 18.0 Å². The Hall–Kier alpha value is -1.06. The Morgan fingerprint density at radius 1 is 1.24 bits per heavy atom. The van der Waals surface area contributed by atoms with Gasteiger partial charge in [-0.3, -0.25) is 0 Å². The minimum Gasteiger partial charge on any atom is -0.465 e. The lowest BCUT2D eigenvalue weighted by atomic mass is 9.99. The molecule has 1 saturated heterocycles. The van der Waals surface area contributed by atoms with E-state index in [1.807, 2.05) is 24.3 Å². The number of ether oxygens (including phenoxy) is 2. The normalized spacial score (nSPS) is 21.2. The summed E-state index contributed by atoms with van der Waals surface area (Å²) in [7, 11) is 0. The molecule has 3 heteroatoms. The van der Waals surface area contributed by atoms with Crippen molar-refractivity contribution in [2.24, 2.45) is 0 Å². The first-order valence-corrected chi connectivity index (χ1v) is 6.17. The number of hydrogen-bond donors (Lipinski definition) is 1. The van der Waals surface area contributed by atoms with E-state index in [0.717, 1.165) is 37.2 Å². The minimum absolute atomic E-state index is 0.114. The smallest absolute Gasteiger partial charge is 0.199 e. The van der Waals surface area contributed by atoms with Crippen LogP contribution in [0.4, 0.5) is 0 Å². The Morgan fingerprint density at radius 3 is 2.47 bits per heavy atom. The molecule has 17 heavy (non-hydrogen) atoms. The van der Waals surface area contributed by atoms with Gasteiger partial charge in [0, 0.05) is 6.42 Å². The zero-order valence-corrected chi connectivity index (χ0v) is 10.5. The minimum atomic E-state index is -0.806. The van der Waals surface area contributed by atoms with Gasteiger partial charge in [-0.05, 0) is 44.4 Å². The van der Waals surface area contributed by atoms with Crippen molar-refractivity contribution in [2.75, 3.05) is 6.61 Å². The van der Waals surface area contributed by atoms with Crippen LogP contribution in [0.1, 0.15) is 38.7 Å². The molecule has 94 valence electrons. The molecular formula is C14H20O3. The molecule has 1 aromatic carbocycles. The van der Waals surface area contributed by atoms with Crippen LogP contribution in [0.15, 0.2) is 24.3 Å². The highest BCUT2D eigenvalue weighted by molar-refractivity contribution is 5.30. The number of hydrogen-bond acceptors (Lipinski definition) is 3. The van der Waals surface area contributed by atoms with Crippen LogP contribution < -0.4 is 4.74 Å². The Bertz CT molecular complexity index is 345. The van der Waals surface area contributed by atoms with Crippen LogP contribution in [0.5, 0.6) is 5.75 Å². The van der Waals surface area contributed by atoms with E-state index < -0.39 is 5.60 Å². The van der Waals surface area contributed by atoms with Gasteiger partial charge in [0.05, 0.1) is 12.2 Å². The SMILES string of the molecule is CC(C)(O)c1ccc(OC2CCCCO2)cc1. The molecule has 1 N–H and O–H groups in total. The first kappa shape index (κ1) is 12.4. The molecule has 1 atom stereocenters. The summed E-state index contributed by atoms with van der Waals surface area (Å²) < 4.78 is 11.2. The molecule has 1 heterocycles. The summed E-state index contributed by atoms with van der Waals surface area (Å²) in [5, 5.41) is 9.84. The van der Waals surface area contributed by atoms with Crippen molar-refractivity contribution >= 4 is 0 Å².